The van der Waals surface area contributed by atoms with E-state index in [9.17, 15) is 4.79 Å². The highest BCUT2D eigenvalue weighted by Gasteiger charge is 2.10. The predicted octanol–water partition coefficient (Wildman–Crippen LogP) is 1.22. The summed E-state index contributed by atoms with van der Waals surface area (Å²) in [6.07, 6.45) is 3.71. The molecule has 1 fully saturated rings. The molecule has 0 aromatic carbocycles. The third-order valence-corrected chi connectivity index (χ3v) is 2.47. The summed E-state index contributed by atoms with van der Waals surface area (Å²) >= 11 is 1.93. The van der Waals surface area contributed by atoms with Gasteiger partial charge in [0.05, 0.1) is 6.04 Å². The SMILES string of the molecule is O=C=NC1CCSCC1. The minimum Gasteiger partial charge on any atom is -0.211 e. The molecule has 0 aromatic heterocycles. The Morgan fingerprint density at radius 1 is 1.44 bits per heavy atom. The molecule has 1 aliphatic rings. The summed E-state index contributed by atoms with van der Waals surface area (Å²) in [5.74, 6) is 2.30. The first-order valence-electron chi connectivity index (χ1n) is 3.08. The summed E-state index contributed by atoms with van der Waals surface area (Å²) in [4.78, 5) is 13.4. The number of aliphatic imine (C=N–C) groups is 1. The highest BCUT2D eigenvalue weighted by Crippen LogP contribution is 2.18. The smallest absolute Gasteiger partial charge is 0.211 e. The van der Waals surface area contributed by atoms with E-state index in [4.69, 9.17) is 0 Å². The second-order valence-corrected chi connectivity index (χ2v) is 3.29. The molecule has 1 aliphatic heterocycles. The van der Waals surface area contributed by atoms with Crippen molar-refractivity contribution in [3.8, 4) is 0 Å². The van der Waals surface area contributed by atoms with Crippen LogP contribution in [0.15, 0.2) is 4.99 Å². The maximum absolute atomic E-state index is 9.77. The van der Waals surface area contributed by atoms with Crippen LogP contribution in [0.1, 0.15) is 12.8 Å². The largest absolute Gasteiger partial charge is 0.235 e. The third-order valence-electron chi connectivity index (χ3n) is 1.43. The first kappa shape index (κ1) is 6.84. The zero-order chi connectivity index (χ0) is 6.53. The van der Waals surface area contributed by atoms with Crippen molar-refractivity contribution in [3.63, 3.8) is 0 Å². The van der Waals surface area contributed by atoms with Crippen LogP contribution < -0.4 is 0 Å². The summed E-state index contributed by atoms with van der Waals surface area (Å²) in [5, 5.41) is 0. The molecule has 0 atom stereocenters. The molecule has 9 heavy (non-hydrogen) atoms. The van der Waals surface area contributed by atoms with Gasteiger partial charge in [0.15, 0.2) is 0 Å². The molecule has 0 spiro atoms. The molecule has 0 saturated carbocycles. The topological polar surface area (TPSA) is 29.4 Å². The Bertz CT molecular complexity index is 125. The minimum absolute atomic E-state index is 0.281. The highest BCUT2D eigenvalue weighted by molar-refractivity contribution is 7.99. The van der Waals surface area contributed by atoms with Gasteiger partial charge in [0.2, 0.25) is 6.08 Å². The van der Waals surface area contributed by atoms with Crippen LogP contribution in [0.5, 0.6) is 0 Å². The van der Waals surface area contributed by atoms with E-state index in [0.29, 0.717) is 0 Å². The molecule has 0 radical (unpaired) electrons. The maximum Gasteiger partial charge on any atom is 0.235 e. The molecule has 0 amide bonds. The number of thioether (sulfide) groups is 1. The predicted molar refractivity (Wildman–Crippen MR) is 38.5 cm³/mol. The van der Waals surface area contributed by atoms with Crippen molar-refractivity contribution in [2.24, 2.45) is 4.99 Å². The number of hydrogen-bond donors (Lipinski definition) is 0. The Morgan fingerprint density at radius 3 is 2.67 bits per heavy atom. The second kappa shape index (κ2) is 3.70. The van der Waals surface area contributed by atoms with Crippen molar-refractivity contribution in [3.05, 3.63) is 0 Å². The van der Waals surface area contributed by atoms with Crippen molar-refractivity contribution in [1.29, 1.82) is 0 Å². The van der Waals surface area contributed by atoms with Crippen molar-refractivity contribution >= 4 is 17.8 Å². The Balaban J connectivity index is 2.31. The molecule has 0 aliphatic carbocycles. The van der Waals surface area contributed by atoms with Crippen LogP contribution in [-0.2, 0) is 4.79 Å². The molecular formula is C6H9NOS. The lowest BCUT2D eigenvalue weighted by Gasteiger charge is -2.14. The van der Waals surface area contributed by atoms with Gasteiger partial charge in [-0.1, -0.05) is 0 Å². The van der Waals surface area contributed by atoms with Crippen LogP contribution in [0.4, 0.5) is 0 Å². The molecule has 1 rings (SSSR count). The van der Waals surface area contributed by atoms with Crippen molar-refractivity contribution in [2.45, 2.75) is 18.9 Å². The van der Waals surface area contributed by atoms with Crippen molar-refractivity contribution < 1.29 is 4.79 Å². The molecule has 0 N–H and O–H groups in total. The Hall–Kier alpha value is -0.270. The lowest BCUT2D eigenvalue weighted by molar-refractivity contribution is 0.549. The fourth-order valence-electron chi connectivity index (χ4n) is 0.889. The monoisotopic (exact) mass is 143 g/mol. The molecule has 0 bridgehead atoms. The number of carbonyl (C=O) groups excluding carboxylic acids is 1. The Kier molecular flexibility index (Phi) is 2.81. The molecule has 0 unspecified atom stereocenters. The number of rotatable bonds is 1. The van der Waals surface area contributed by atoms with Gasteiger partial charge in [-0.2, -0.15) is 11.8 Å². The third kappa shape index (κ3) is 2.20. The van der Waals surface area contributed by atoms with Gasteiger partial charge in [-0.25, -0.2) is 9.79 Å². The van der Waals surface area contributed by atoms with E-state index in [2.05, 4.69) is 4.99 Å². The first-order valence-corrected chi connectivity index (χ1v) is 4.23. The van der Waals surface area contributed by atoms with E-state index in [1.165, 1.54) is 0 Å². The normalized spacial score (nSPS) is 20.9. The maximum atomic E-state index is 9.77. The van der Waals surface area contributed by atoms with Gasteiger partial charge in [-0.05, 0) is 24.3 Å². The highest BCUT2D eigenvalue weighted by atomic mass is 32.2. The molecule has 1 saturated heterocycles. The van der Waals surface area contributed by atoms with E-state index in [0.717, 1.165) is 24.3 Å². The van der Waals surface area contributed by atoms with Crippen molar-refractivity contribution in [2.75, 3.05) is 11.5 Å². The van der Waals surface area contributed by atoms with Gasteiger partial charge >= 0.3 is 0 Å². The van der Waals surface area contributed by atoms with Gasteiger partial charge < -0.3 is 0 Å². The van der Waals surface area contributed by atoms with Crippen molar-refractivity contribution in [1.82, 2.24) is 0 Å². The Labute approximate surface area is 58.7 Å². The summed E-state index contributed by atoms with van der Waals surface area (Å²) in [5.41, 5.74) is 0. The summed E-state index contributed by atoms with van der Waals surface area (Å²) in [6.45, 7) is 0. The van der Waals surface area contributed by atoms with Gasteiger partial charge in [-0.15, -0.1) is 0 Å². The summed E-state index contributed by atoms with van der Waals surface area (Å²) < 4.78 is 0. The van der Waals surface area contributed by atoms with Crippen LogP contribution in [0.25, 0.3) is 0 Å². The average molecular weight is 143 g/mol. The average Bonchev–Trinajstić information content (AvgIpc) is 1.91. The first-order chi connectivity index (χ1) is 4.43. The molecule has 3 heteroatoms. The van der Waals surface area contributed by atoms with Crippen LogP contribution in [0.2, 0.25) is 0 Å². The van der Waals surface area contributed by atoms with E-state index in [-0.39, 0.29) is 6.04 Å². The summed E-state index contributed by atoms with van der Waals surface area (Å²) in [7, 11) is 0. The fourth-order valence-corrected chi connectivity index (χ4v) is 1.97. The molecule has 50 valence electrons. The van der Waals surface area contributed by atoms with Crippen LogP contribution in [-0.4, -0.2) is 23.6 Å². The molecule has 0 aromatic rings. The number of hydrogen-bond acceptors (Lipinski definition) is 3. The van der Waals surface area contributed by atoms with Gasteiger partial charge in [0.1, 0.15) is 0 Å². The minimum atomic E-state index is 0.281. The van der Waals surface area contributed by atoms with E-state index in [1.54, 1.807) is 6.08 Å². The van der Waals surface area contributed by atoms with Crippen LogP contribution in [0, 0.1) is 0 Å². The molecule has 2 nitrogen and oxygen atoms in total. The van der Waals surface area contributed by atoms with Gasteiger partial charge in [-0.3, -0.25) is 0 Å². The standard InChI is InChI=1S/C6H9NOS/c8-5-7-6-1-3-9-4-2-6/h6H,1-4H2. The Morgan fingerprint density at radius 2 is 2.11 bits per heavy atom. The second-order valence-electron chi connectivity index (χ2n) is 2.06. The van der Waals surface area contributed by atoms with E-state index in [1.807, 2.05) is 11.8 Å². The summed E-state index contributed by atoms with van der Waals surface area (Å²) in [6, 6.07) is 0.281. The number of nitrogens with zero attached hydrogens (tertiary/aromatic N) is 1. The van der Waals surface area contributed by atoms with Gasteiger partial charge in [0, 0.05) is 0 Å². The van der Waals surface area contributed by atoms with Crippen LogP contribution >= 0.6 is 11.8 Å². The fraction of sp³-hybridized carbons (Fsp3) is 0.833. The lowest BCUT2D eigenvalue weighted by atomic mass is 10.2. The molecule has 1 heterocycles. The quantitative estimate of drug-likeness (QED) is 0.408. The zero-order valence-corrected chi connectivity index (χ0v) is 5.99. The lowest BCUT2D eigenvalue weighted by Crippen LogP contribution is -2.12. The van der Waals surface area contributed by atoms with Gasteiger partial charge in [0.25, 0.3) is 0 Å². The van der Waals surface area contributed by atoms with E-state index < -0.39 is 0 Å². The van der Waals surface area contributed by atoms with Crippen LogP contribution in [0.3, 0.4) is 0 Å². The zero-order valence-electron chi connectivity index (χ0n) is 5.17. The van der Waals surface area contributed by atoms with E-state index >= 15 is 0 Å². The number of isocyanates is 1. The molecular weight excluding hydrogens is 134 g/mol.